The van der Waals surface area contributed by atoms with E-state index < -0.39 is 0 Å². The molecule has 0 spiro atoms. The van der Waals surface area contributed by atoms with Gasteiger partial charge >= 0.3 is 0 Å². The Morgan fingerprint density at radius 2 is 2.07 bits per heavy atom. The van der Waals surface area contributed by atoms with Gasteiger partial charge in [0, 0.05) is 6.54 Å². The van der Waals surface area contributed by atoms with E-state index in [1.165, 1.54) is 0 Å². The zero-order valence-corrected chi connectivity index (χ0v) is 9.24. The van der Waals surface area contributed by atoms with Crippen LogP contribution in [0.1, 0.15) is 11.4 Å². The van der Waals surface area contributed by atoms with Gasteiger partial charge in [-0.3, -0.25) is 0 Å². The van der Waals surface area contributed by atoms with E-state index in [4.69, 9.17) is 5.73 Å². The first kappa shape index (κ1) is 11.7. The monoisotopic (exact) mass is 224 g/mol. The van der Waals surface area contributed by atoms with Gasteiger partial charge in [0.1, 0.15) is 12.2 Å². The van der Waals surface area contributed by atoms with Crippen molar-refractivity contribution in [2.24, 2.45) is 5.73 Å². The fourth-order valence-corrected chi connectivity index (χ4v) is 1.43. The molecule has 15 heavy (non-hydrogen) atoms. The Morgan fingerprint density at radius 1 is 1.33 bits per heavy atom. The lowest BCUT2D eigenvalue weighted by Gasteiger charge is -2.07. The number of aryl methyl sites for hydroxylation is 1. The molecule has 4 nitrogen and oxygen atoms in total. The van der Waals surface area contributed by atoms with Crippen molar-refractivity contribution in [1.82, 2.24) is 14.8 Å². The van der Waals surface area contributed by atoms with Crippen LogP contribution in [0, 0.1) is 6.92 Å². The first-order valence-electron chi connectivity index (χ1n) is 4.48. The summed E-state index contributed by atoms with van der Waals surface area (Å²) in [5, 5.41) is 4.14. The molecule has 0 saturated heterocycles. The van der Waals surface area contributed by atoms with Gasteiger partial charge in [-0.2, -0.15) is 5.10 Å². The lowest BCUT2D eigenvalue weighted by molar-refractivity contribution is 0.823. The summed E-state index contributed by atoms with van der Waals surface area (Å²) in [6, 6.07) is 7.92. The molecule has 0 aliphatic carbocycles. The van der Waals surface area contributed by atoms with E-state index in [-0.39, 0.29) is 12.4 Å². The van der Waals surface area contributed by atoms with Gasteiger partial charge in [-0.1, -0.05) is 18.2 Å². The van der Waals surface area contributed by atoms with E-state index in [0.29, 0.717) is 6.54 Å². The summed E-state index contributed by atoms with van der Waals surface area (Å²) in [6.45, 7) is 2.43. The van der Waals surface area contributed by atoms with Crippen molar-refractivity contribution in [2.45, 2.75) is 13.5 Å². The molecule has 2 N–H and O–H groups in total. The molecule has 80 valence electrons. The largest absolute Gasteiger partial charge is 0.326 e. The maximum atomic E-state index is 5.65. The molecule has 0 bridgehead atoms. The predicted octanol–water partition coefficient (Wildman–Crippen LogP) is 1.46. The summed E-state index contributed by atoms with van der Waals surface area (Å²) >= 11 is 0. The summed E-state index contributed by atoms with van der Waals surface area (Å²) in [6.07, 6.45) is 1.54. The minimum absolute atomic E-state index is 0. The van der Waals surface area contributed by atoms with Crippen LogP contribution in [-0.2, 0) is 6.54 Å². The number of benzene rings is 1. The van der Waals surface area contributed by atoms with Crippen molar-refractivity contribution < 1.29 is 0 Å². The van der Waals surface area contributed by atoms with Gasteiger partial charge in [-0.05, 0) is 18.6 Å². The molecule has 1 aromatic heterocycles. The van der Waals surface area contributed by atoms with E-state index in [0.717, 1.165) is 17.1 Å². The van der Waals surface area contributed by atoms with Crippen LogP contribution in [0.15, 0.2) is 30.6 Å². The third-order valence-corrected chi connectivity index (χ3v) is 2.16. The number of hydrogen-bond donors (Lipinski definition) is 1. The molecule has 0 unspecified atom stereocenters. The highest BCUT2D eigenvalue weighted by molar-refractivity contribution is 5.85. The average molecular weight is 225 g/mol. The molecule has 0 radical (unpaired) electrons. The zero-order valence-electron chi connectivity index (χ0n) is 8.42. The van der Waals surface area contributed by atoms with E-state index in [1.807, 2.05) is 31.2 Å². The lowest BCUT2D eigenvalue weighted by atomic mass is 10.2. The number of para-hydroxylation sites is 1. The van der Waals surface area contributed by atoms with Crippen LogP contribution in [0.25, 0.3) is 5.69 Å². The molecule has 2 rings (SSSR count). The Balaban J connectivity index is 0.00000112. The van der Waals surface area contributed by atoms with Crippen LogP contribution in [-0.4, -0.2) is 14.8 Å². The predicted molar refractivity (Wildman–Crippen MR) is 61.2 cm³/mol. The summed E-state index contributed by atoms with van der Waals surface area (Å²) in [7, 11) is 0. The van der Waals surface area contributed by atoms with Crippen LogP contribution in [0.3, 0.4) is 0 Å². The molecule has 0 atom stereocenters. The number of hydrogen-bond acceptors (Lipinski definition) is 3. The summed E-state index contributed by atoms with van der Waals surface area (Å²) in [4.78, 5) is 4.08. The van der Waals surface area contributed by atoms with Gasteiger partial charge in [0.2, 0.25) is 0 Å². The molecule has 0 amide bonds. The van der Waals surface area contributed by atoms with Crippen molar-refractivity contribution in [3.63, 3.8) is 0 Å². The molecule has 0 fully saturated rings. The number of aromatic nitrogens is 3. The summed E-state index contributed by atoms with van der Waals surface area (Å²) in [5.41, 5.74) is 7.72. The molecule has 0 saturated carbocycles. The van der Waals surface area contributed by atoms with Crippen molar-refractivity contribution in [2.75, 3.05) is 0 Å². The molecular weight excluding hydrogens is 212 g/mol. The molecule has 1 heterocycles. The average Bonchev–Trinajstić information content (AvgIpc) is 2.64. The van der Waals surface area contributed by atoms with Crippen LogP contribution in [0.4, 0.5) is 0 Å². The number of nitrogens with two attached hydrogens (primary N) is 1. The van der Waals surface area contributed by atoms with E-state index in [9.17, 15) is 0 Å². The van der Waals surface area contributed by atoms with Crippen LogP contribution < -0.4 is 5.73 Å². The second-order valence-electron chi connectivity index (χ2n) is 3.05. The second-order valence-corrected chi connectivity index (χ2v) is 3.05. The van der Waals surface area contributed by atoms with Crippen molar-refractivity contribution in [3.8, 4) is 5.69 Å². The highest BCUT2D eigenvalue weighted by Crippen LogP contribution is 2.13. The maximum Gasteiger partial charge on any atom is 0.138 e. The van der Waals surface area contributed by atoms with Crippen LogP contribution in [0.5, 0.6) is 0 Å². The fraction of sp³-hybridized carbons (Fsp3) is 0.200. The summed E-state index contributed by atoms with van der Waals surface area (Å²) in [5.74, 6) is 0.867. The number of halogens is 1. The van der Waals surface area contributed by atoms with Gasteiger partial charge in [0.25, 0.3) is 0 Å². The first-order chi connectivity index (χ1) is 6.83. The van der Waals surface area contributed by atoms with E-state index in [1.54, 1.807) is 11.0 Å². The zero-order chi connectivity index (χ0) is 9.97. The van der Waals surface area contributed by atoms with Crippen molar-refractivity contribution in [1.29, 1.82) is 0 Å². The minimum atomic E-state index is 0. The van der Waals surface area contributed by atoms with Gasteiger partial charge in [0.15, 0.2) is 0 Å². The highest BCUT2D eigenvalue weighted by Gasteiger charge is 2.05. The molecule has 0 aliphatic rings. The SMILES string of the molecule is Cc1ncnn1-c1ccccc1CN.Cl. The third-order valence-electron chi connectivity index (χ3n) is 2.16. The lowest BCUT2D eigenvalue weighted by Crippen LogP contribution is -2.06. The van der Waals surface area contributed by atoms with Crippen LogP contribution >= 0.6 is 12.4 Å². The Bertz CT molecular complexity index is 438. The first-order valence-corrected chi connectivity index (χ1v) is 4.48. The van der Waals surface area contributed by atoms with E-state index in [2.05, 4.69) is 10.1 Å². The number of nitrogens with zero attached hydrogens (tertiary/aromatic N) is 3. The normalized spacial score (nSPS) is 9.73. The van der Waals surface area contributed by atoms with E-state index >= 15 is 0 Å². The van der Waals surface area contributed by atoms with Gasteiger partial charge < -0.3 is 5.73 Å². The quantitative estimate of drug-likeness (QED) is 0.840. The third kappa shape index (κ3) is 2.16. The maximum absolute atomic E-state index is 5.65. The smallest absolute Gasteiger partial charge is 0.138 e. The fourth-order valence-electron chi connectivity index (χ4n) is 1.43. The standard InChI is InChI=1S/C10H12N4.ClH/c1-8-12-7-13-14(8)10-5-3-2-4-9(10)6-11;/h2-5,7H,6,11H2,1H3;1H. The summed E-state index contributed by atoms with van der Waals surface area (Å²) < 4.78 is 1.79. The molecule has 2 aromatic rings. The topological polar surface area (TPSA) is 56.7 Å². The Hall–Kier alpha value is -1.39. The Labute approximate surface area is 94.5 Å². The van der Waals surface area contributed by atoms with Crippen molar-refractivity contribution in [3.05, 3.63) is 42.0 Å². The Kier molecular flexibility index (Phi) is 3.82. The molecular formula is C10H13ClN4. The highest BCUT2D eigenvalue weighted by atomic mass is 35.5. The number of rotatable bonds is 2. The van der Waals surface area contributed by atoms with Gasteiger partial charge in [0.05, 0.1) is 5.69 Å². The Morgan fingerprint density at radius 3 is 2.67 bits per heavy atom. The minimum Gasteiger partial charge on any atom is -0.326 e. The van der Waals surface area contributed by atoms with Gasteiger partial charge in [-0.25, -0.2) is 9.67 Å². The van der Waals surface area contributed by atoms with Crippen LogP contribution in [0.2, 0.25) is 0 Å². The van der Waals surface area contributed by atoms with Crippen molar-refractivity contribution >= 4 is 12.4 Å². The van der Waals surface area contributed by atoms with Gasteiger partial charge in [-0.15, -0.1) is 12.4 Å². The second kappa shape index (κ2) is 4.91. The molecule has 1 aromatic carbocycles. The molecule has 0 aliphatic heterocycles. The molecule has 5 heteroatoms.